The van der Waals surface area contributed by atoms with Gasteiger partial charge in [-0.15, -0.1) is 0 Å². The Hall–Kier alpha value is -1.51. The zero-order valence-electron chi connectivity index (χ0n) is 10.8. The lowest BCUT2D eigenvalue weighted by Crippen LogP contribution is -2.13. The Labute approximate surface area is 107 Å². The third-order valence-electron chi connectivity index (χ3n) is 4.25. The van der Waals surface area contributed by atoms with Crippen molar-refractivity contribution in [2.75, 3.05) is 14.2 Å². The Morgan fingerprint density at radius 2 is 1.56 bits per heavy atom. The Morgan fingerprint density at radius 3 is 2.06 bits per heavy atom. The molecule has 0 saturated heterocycles. The van der Waals surface area contributed by atoms with Gasteiger partial charge in [-0.3, -0.25) is 4.79 Å². The summed E-state index contributed by atoms with van der Waals surface area (Å²) in [7, 11) is 3.21. The largest absolute Gasteiger partial charge is 0.497 e. The molecular weight excluding hydrogens is 228 g/mol. The SMILES string of the molecule is COc1cc(OC)cc(C(=O)C2CC3CC3C2)c1. The maximum Gasteiger partial charge on any atom is 0.166 e. The summed E-state index contributed by atoms with van der Waals surface area (Å²) in [6.07, 6.45) is 3.48. The molecule has 2 aliphatic rings. The lowest BCUT2D eigenvalue weighted by Gasteiger charge is -2.12. The summed E-state index contributed by atoms with van der Waals surface area (Å²) in [5, 5.41) is 0. The molecule has 0 aliphatic heterocycles. The predicted octanol–water partition coefficient (Wildman–Crippen LogP) is 2.93. The van der Waals surface area contributed by atoms with Crippen LogP contribution >= 0.6 is 0 Å². The van der Waals surface area contributed by atoms with Crippen LogP contribution in [-0.4, -0.2) is 20.0 Å². The zero-order chi connectivity index (χ0) is 12.7. The molecule has 2 unspecified atom stereocenters. The second-order valence-electron chi connectivity index (χ2n) is 5.39. The van der Waals surface area contributed by atoms with Crippen LogP contribution in [0.25, 0.3) is 0 Å². The molecule has 0 aromatic heterocycles. The van der Waals surface area contributed by atoms with E-state index in [-0.39, 0.29) is 11.7 Å². The van der Waals surface area contributed by atoms with Gasteiger partial charge < -0.3 is 9.47 Å². The lowest BCUT2D eigenvalue weighted by molar-refractivity contribution is 0.0913. The molecule has 2 saturated carbocycles. The summed E-state index contributed by atoms with van der Waals surface area (Å²) in [4.78, 5) is 12.4. The van der Waals surface area contributed by atoms with Crippen LogP contribution in [0.1, 0.15) is 29.6 Å². The van der Waals surface area contributed by atoms with Crippen molar-refractivity contribution in [1.82, 2.24) is 0 Å². The number of fused-ring (bicyclic) bond motifs is 1. The summed E-state index contributed by atoms with van der Waals surface area (Å²) < 4.78 is 10.4. The minimum Gasteiger partial charge on any atom is -0.497 e. The van der Waals surface area contributed by atoms with E-state index in [1.165, 1.54) is 6.42 Å². The van der Waals surface area contributed by atoms with E-state index in [0.717, 1.165) is 30.2 Å². The summed E-state index contributed by atoms with van der Waals surface area (Å²) >= 11 is 0. The molecule has 0 radical (unpaired) electrons. The first-order valence-corrected chi connectivity index (χ1v) is 6.48. The van der Waals surface area contributed by atoms with Crippen LogP contribution < -0.4 is 9.47 Å². The summed E-state index contributed by atoms with van der Waals surface area (Å²) in [5.74, 6) is 3.48. The topological polar surface area (TPSA) is 35.5 Å². The smallest absolute Gasteiger partial charge is 0.166 e. The van der Waals surface area contributed by atoms with E-state index in [1.807, 2.05) is 12.1 Å². The summed E-state index contributed by atoms with van der Waals surface area (Å²) in [6, 6.07) is 5.42. The Bertz CT molecular complexity index is 448. The molecule has 18 heavy (non-hydrogen) atoms. The van der Waals surface area contributed by atoms with Gasteiger partial charge in [0.1, 0.15) is 11.5 Å². The van der Waals surface area contributed by atoms with E-state index in [9.17, 15) is 4.79 Å². The highest BCUT2D eigenvalue weighted by Crippen LogP contribution is 2.55. The predicted molar refractivity (Wildman–Crippen MR) is 68.2 cm³/mol. The maximum atomic E-state index is 12.4. The molecule has 2 aliphatic carbocycles. The van der Waals surface area contributed by atoms with Crippen LogP contribution in [-0.2, 0) is 0 Å². The lowest BCUT2D eigenvalue weighted by atomic mass is 9.93. The zero-order valence-corrected chi connectivity index (χ0v) is 10.8. The number of ketones is 1. The fourth-order valence-electron chi connectivity index (χ4n) is 3.11. The third-order valence-corrected chi connectivity index (χ3v) is 4.25. The van der Waals surface area contributed by atoms with Gasteiger partial charge in [-0.1, -0.05) is 0 Å². The number of benzene rings is 1. The number of carbonyl (C=O) groups is 1. The van der Waals surface area contributed by atoms with Crippen LogP contribution in [0.2, 0.25) is 0 Å². The van der Waals surface area contributed by atoms with Gasteiger partial charge >= 0.3 is 0 Å². The number of hydrogen-bond donors (Lipinski definition) is 0. The second-order valence-corrected chi connectivity index (χ2v) is 5.39. The molecule has 3 heteroatoms. The molecule has 96 valence electrons. The van der Waals surface area contributed by atoms with Gasteiger partial charge in [0.25, 0.3) is 0 Å². The number of ether oxygens (including phenoxy) is 2. The fourth-order valence-corrected chi connectivity index (χ4v) is 3.11. The van der Waals surface area contributed by atoms with Crippen LogP contribution in [0.15, 0.2) is 18.2 Å². The molecule has 0 spiro atoms. The molecule has 0 bridgehead atoms. The molecule has 1 aromatic rings. The number of hydrogen-bond acceptors (Lipinski definition) is 3. The first-order chi connectivity index (χ1) is 8.71. The Kier molecular flexibility index (Phi) is 2.77. The van der Waals surface area contributed by atoms with Gasteiger partial charge in [-0.25, -0.2) is 0 Å². The summed E-state index contributed by atoms with van der Waals surface area (Å²) in [5.41, 5.74) is 0.720. The first kappa shape index (κ1) is 11.6. The highest BCUT2D eigenvalue weighted by atomic mass is 16.5. The number of Topliss-reactive ketones (excluding diaryl/α,β-unsaturated/α-hetero) is 1. The van der Waals surface area contributed by atoms with E-state index < -0.39 is 0 Å². The molecule has 0 amide bonds. The normalized spacial score (nSPS) is 28.7. The van der Waals surface area contributed by atoms with Gasteiger partial charge in [-0.2, -0.15) is 0 Å². The number of carbonyl (C=O) groups excluding carboxylic acids is 1. The number of rotatable bonds is 4. The van der Waals surface area contributed by atoms with Gasteiger partial charge in [0, 0.05) is 17.5 Å². The average molecular weight is 246 g/mol. The molecule has 0 N–H and O–H groups in total. The molecule has 3 nitrogen and oxygen atoms in total. The van der Waals surface area contributed by atoms with Crippen molar-refractivity contribution >= 4 is 5.78 Å². The van der Waals surface area contributed by atoms with Crippen molar-refractivity contribution in [3.8, 4) is 11.5 Å². The van der Waals surface area contributed by atoms with Gasteiger partial charge in [0.05, 0.1) is 14.2 Å². The molecule has 3 rings (SSSR count). The van der Waals surface area contributed by atoms with Crippen molar-refractivity contribution in [1.29, 1.82) is 0 Å². The molecule has 2 fully saturated rings. The monoisotopic (exact) mass is 246 g/mol. The maximum absolute atomic E-state index is 12.4. The van der Waals surface area contributed by atoms with Gasteiger partial charge in [0.15, 0.2) is 5.78 Å². The minimum absolute atomic E-state index is 0.213. The van der Waals surface area contributed by atoms with Gasteiger partial charge in [0.2, 0.25) is 0 Å². The second kappa shape index (κ2) is 4.30. The highest BCUT2D eigenvalue weighted by Gasteiger charge is 2.48. The van der Waals surface area contributed by atoms with Crippen molar-refractivity contribution in [3.05, 3.63) is 23.8 Å². The quantitative estimate of drug-likeness (QED) is 0.766. The molecular formula is C15H18O3. The summed E-state index contributed by atoms with van der Waals surface area (Å²) in [6.45, 7) is 0. The van der Waals surface area contributed by atoms with Crippen molar-refractivity contribution in [2.24, 2.45) is 17.8 Å². The third kappa shape index (κ3) is 1.98. The molecule has 2 atom stereocenters. The number of methoxy groups -OCH3 is 2. The van der Waals surface area contributed by atoms with Crippen LogP contribution in [0.4, 0.5) is 0 Å². The van der Waals surface area contributed by atoms with Crippen molar-refractivity contribution < 1.29 is 14.3 Å². The fraction of sp³-hybridized carbons (Fsp3) is 0.533. The van der Waals surface area contributed by atoms with Crippen LogP contribution in [0, 0.1) is 17.8 Å². The molecule has 1 aromatic carbocycles. The van der Waals surface area contributed by atoms with Crippen LogP contribution in [0.3, 0.4) is 0 Å². The standard InChI is InChI=1S/C15H18O3/c1-17-13-6-12(7-14(8-13)18-2)15(16)11-4-9-3-10(9)5-11/h6-11H,3-5H2,1-2H3. The van der Waals surface area contributed by atoms with Crippen molar-refractivity contribution in [2.45, 2.75) is 19.3 Å². The molecule has 0 heterocycles. The average Bonchev–Trinajstić information content (AvgIpc) is 3.03. The van der Waals surface area contributed by atoms with E-state index in [0.29, 0.717) is 11.5 Å². The van der Waals surface area contributed by atoms with E-state index in [1.54, 1.807) is 20.3 Å². The Balaban J connectivity index is 1.83. The van der Waals surface area contributed by atoms with E-state index in [4.69, 9.17) is 9.47 Å². The first-order valence-electron chi connectivity index (χ1n) is 6.48. The van der Waals surface area contributed by atoms with E-state index in [2.05, 4.69) is 0 Å². The minimum atomic E-state index is 0.213. The van der Waals surface area contributed by atoms with Gasteiger partial charge in [-0.05, 0) is 43.2 Å². The van der Waals surface area contributed by atoms with E-state index >= 15 is 0 Å². The van der Waals surface area contributed by atoms with Crippen LogP contribution in [0.5, 0.6) is 11.5 Å². The Morgan fingerprint density at radius 1 is 1.00 bits per heavy atom. The van der Waals surface area contributed by atoms with Crippen molar-refractivity contribution in [3.63, 3.8) is 0 Å². The highest BCUT2D eigenvalue weighted by molar-refractivity contribution is 5.98.